The second-order valence-corrected chi connectivity index (χ2v) is 6.09. The summed E-state index contributed by atoms with van der Waals surface area (Å²) in [5.74, 6) is 0. The van der Waals surface area contributed by atoms with Gasteiger partial charge in [0.1, 0.15) is 0 Å². The standard InChI is InChI=1S/C14H28N2/c1-3-13(6-5-7-13)10-16-12-14(4-2)8-9-15-11-14/h15-16H,3-12H2,1-2H3. The normalized spacial score (nSPS) is 32.6. The van der Waals surface area contributed by atoms with Gasteiger partial charge in [-0.25, -0.2) is 0 Å². The zero-order chi connectivity index (χ0) is 11.5. The number of hydrogen-bond donors (Lipinski definition) is 2. The molecular formula is C14H28N2. The van der Waals surface area contributed by atoms with Gasteiger partial charge >= 0.3 is 0 Å². The van der Waals surface area contributed by atoms with Crippen LogP contribution in [0.2, 0.25) is 0 Å². The fourth-order valence-electron chi connectivity index (χ4n) is 3.30. The van der Waals surface area contributed by atoms with Gasteiger partial charge in [-0.05, 0) is 49.5 Å². The summed E-state index contributed by atoms with van der Waals surface area (Å²) in [6.07, 6.45) is 8.39. The first-order chi connectivity index (χ1) is 7.74. The van der Waals surface area contributed by atoms with Crippen LogP contribution in [0.4, 0.5) is 0 Å². The Balaban J connectivity index is 1.74. The van der Waals surface area contributed by atoms with Gasteiger partial charge < -0.3 is 10.6 Å². The molecule has 1 atom stereocenters. The predicted molar refractivity (Wildman–Crippen MR) is 69.7 cm³/mol. The van der Waals surface area contributed by atoms with Gasteiger partial charge in [0.2, 0.25) is 0 Å². The van der Waals surface area contributed by atoms with Crippen LogP contribution >= 0.6 is 0 Å². The second-order valence-electron chi connectivity index (χ2n) is 6.09. The zero-order valence-electron chi connectivity index (χ0n) is 11.1. The molecular weight excluding hydrogens is 196 g/mol. The lowest BCUT2D eigenvalue weighted by Crippen LogP contribution is -2.44. The van der Waals surface area contributed by atoms with E-state index in [4.69, 9.17) is 0 Å². The molecule has 1 unspecified atom stereocenters. The predicted octanol–water partition coefficient (Wildman–Crippen LogP) is 2.55. The van der Waals surface area contributed by atoms with Gasteiger partial charge in [0.25, 0.3) is 0 Å². The van der Waals surface area contributed by atoms with Gasteiger partial charge in [-0.15, -0.1) is 0 Å². The molecule has 2 rings (SSSR count). The molecule has 0 radical (unpaired) electrons. The minimum Gasteiger partial charge on any atom is -0.316 e. The molecule has 2 nitrogen and oxygen atoms in total. The molecule has 2 heteroatoms. The van der Waals surface area contributed by atoms with E-state index in [0.29, 0.717) is 10.8 Å². The third-order valence-corrected chi connectivity index (χ3v) is 5.25. The van der Waals surface area contributed by atoms with Crippen LogP contribution in [0.5, 0.6) is 0 Å². The number of rotatable bonds is 6. The largest absolute Gasteiger partial charge is 0.316 e. The van der Waals surface area contributed by atoms with Gasteiger partial charge in [-0.1, -0.05) is 20.3 Å². The van der Waals surface area contributed by atoms with E-state index in [1.54, 1.807) is 0 Å². The maximum Gasteiger partial charge on any atom is 0.00206 e. The average molecular weight is 224 g/mol. The third-order valence-electron chi connectivity index (χ3n) is 5.25. The molecule has 1 saturated carbocycles. The number of nitrogens with one attached hydrogen (secondary N) is 2. The first kappa shape index (κ1) is 12.4. The molecule has 0 amide bonds. The van der Waals surface area contributed by atoms with Gasteiger partial charge in [0, 0.05) is 19.6 Å². The van der Waals surface area contributed by atoms with Gasteiger partial charge in [-0.2, -0.15) is 0 Å². The van der Waals surface area contributed by atoms with E-state index >= 15 is 0 Å². The maximum atomic E-state index is 3.77. The SMILES string of the molecule is CCC1(CNCC2(CC)CCNC2)CCC1. The first-order valence-corrected chi connectivity index (χ1v) is 7.16. The second kappa shape index (κ2) is 5.05. The van der Waals surface area contributed by atoms with E-state index in [9.17, 15) is 0 Å². The van der Waals surface area contributed by atoms with Crippen molar-refractivity contribution in [2.45, 2.75) is 52.4 Å². The molecule has 1 aliphatic heterocycles. The Bertz CT molecular complexity index is 209. The highest BCUT2D eigenvalue weighted by Gasteiger charge is 2.36. The van der Waals surface area contributed by atoms with Crippen LogP contribution in [0.15, 0.2) is 0 Å². The highest BCUT2D eigenvalue weighted by atomic mass is 15.0. The van der Waals surface area contributed by atoms with Crippen LogP contribution in [0.1, 0.15) is 52.4 Å². The van der Waals surface area contributed by atoms with Crippen molar-refractivity contribution in [2.75, 3.05) is 26.2 Å². The summed E-state index contributed by atoms with van der Waals surface area (Å²) < 4.78 is 0. The number of hydrogen-bond acceptors (Lipinski definition) is 2. The summed E-state index contributed by atoms with van der Waals surface area (Å²) >= 11 is 0. The summed E-state index contributed by atoms with van der Waals surface area (Å²) in [7, 11) is 0. The topological polar surface area (TPSA) is 24.1 Å². The Morgan fingerprint density at radius 1 is 1.00 bits per heavy atom. The lowest BCUT2D eigenvalue weighted by atomic mass is 9.67. The smallest absolute Gasteiger partial charge is 0.00206 e. The molecule has 1 saturated heterocycles. The fourth-order valence-corrected chi connectivity index (χ4v) is 3.30. The summed E-state index contributed by atoms with van der Waals surface area (Å²) in [4.78, 5) is 0. The quantitative estimate of drug-likeness (QED) is 0.724. The van der Waals surface area contributed by atoms with Crippen molar-refractivity contribution in [3.05, 3.63) is 0 Å². The van der Waals surface area contributed by atoms with Crippen LogP contribution in [-0.2, 0) is 0 Å². The lowest BCUT2D eigenvalue weighted by molar-refractivity contribution is 0.117. The van der Waals surface area contributed by atoms with E-state index in [-0.39, 0.29) is 0 Å². The van der Waals surface area contributed by atoms with Crippen LogP contribution in [0.3, 0.4) is 0 Å². The van der Waals surface area contributed by atoms with Crippen LogP contribution in [0.25, 0.3) is 0 Å². The van der Waals surface area contributed by atoms with Crippen LogP contribution in [0, 0.1) is 10.8 Å². The van der Waals surface area contributed by atoms with E-state index in [2.05, 4.69) is 24.5 Å². The molecule has 2 N–H and O–H groups in total. The molecule has 2 fully saturated rings. The summed E-state index contributed by atoms with van der Waals surface area (Å²) in [6, 6.07) is 0. The highest BCUT2D eigenvalue weighted by Crippen LogP contribution is 2.43. The molecule has 0 aromatic rings. The summed E-state index contributed by atoms with van der Waals surface area (Å²) in [5, 5.41) is 7.29. The lowest BCUT2D eigenvalue weighted by Gasteiger charge is -2.42. The Morgan fingerprint density at radius 2 is 1.69 bits per heavy atom. The van der Waals surface area contributed by atoms with E-state index < -0.39 is 0 Å². The monoisotopic (exact) mass is 224 g/mol. The van der Waals surface area contributed by atoms with Crippen molar-refractivity contribution in [1.29, 1.82) is 0 Å². The first-order valence-electron chi connectivity index (χ1n) is 7.16. The summed E-state index contributed by atoms with van der Waals surface area (Å²) in [6.45, 7) is 9.61. The highest BCUT2D eigenvalue weighted by molar-refractivity contribution is 4.92. The van der Waals surface area contributed by atoms with Crippen molar-refractivity contribution in [1.82, 2.24) is 10.6 Å². The van der Waals surface area contributed by atoms with Crippen molar-refractivity contribution >= 4 is 0 Å². The van der Waals surface area contributed by atoms with E-state index in [0.717, 1.165) is 0 Å². The van der Waals surface area contributed by atoms with Gasteiger partial charge in [0.15, 0.2) is 0 Å². The molecule has 2 aliphatic rings. The molecule has 1 heterocycles. The molecule has 0 aromatic carbocycles. The van der Waals surface area contributed by atoms with E-state index in [1.807, 2.05) is 0 Å². The van der Waals surface area contributed by atoms with Crippen molar-refractivity contribution in [3.63, 3.8) is 0 Å². The third kappa shape index (κ3) is 2.43. The van der Waals surface area contributed by atoms with Crippen molar-refractivity contribution in [3.8, 4) is 0 Å². The maximum absolute atomic E-state index is 3.77. The van der Waals surface area contributed by atoms with Crippen molar-refractivity contribution in [2.24, 2.45) is 10.8 Å². The molecule has 94 valence electrons. The minimum atomic E-state index is 0.554. The molecule has 1 aliphatic carbocycles. The zero-order valence-corrected chi connectivity index (χ0v) is 11.1. The Hall–Kier alpha value is -0.0800. The Kier molecular flexibility index (Phi) is 3.91. The van der Waals surface area contributed by atoms with Crippen LogP contribution in [-0.4, -0.2) is 26.2 Å². The summed E-state index contributed by atoms with van der Waals surface area (Å²) in [5.41, 5.74) is 1.22. The molecule has 16 heavy (non-hydrogen) atoms. The molecule has 0 bridgehead atoms. The fraction of sp³-hybridized carbons (Fsp3) is 1.00. The van der Waals surface area contributed by atoms with Crippen molar-refractivity contribution < 1.29 is 0 Å². The average Bonchev–Trinajstić information content (AvgIpc) is 2.72. The molecule has 0 spiro atoms. The van der Waals surface area contributed by atoms with Gasteiger partial charge in [0.05, 0.1) is 0 Å². The van der Waals surface area contributed by atoms with Crippen LogP contribution < -0.4 is 10.6 Å². The Labute approximate surface area is 101 Å². The minimum absolute atomic E-state index is 0.554. The van der Waals surface area contributed by atoms with Gasteiger partial charge in [-0.3, -0.25) is 0 Å². The molecule has 0 aromatic heterocycles. The Morgan fingerprint density at radius 3 is 2.12 bits per heavy atom. The van der Waals surface area contributed by atoms with E-state index in [1.165, 1.54) is 64.7 Å².